The minimum atomic E-state index is -0.608. The van der Waals surface area contributed by atoms with Gasteiger partial charge in [-0.05, 0) is 30.2 Å². The van der Waals surface area contributed by atoms with E-state index in [2.05, 4.69) is 4.98 Å². The van der Waals surface area contributed by atoms with Crippen molar-refractivity contribution in [2.24, 2.45) is 5.73 Å². The third kappa shape index (κ3) is 3.82. The van der Waals surface area contributed by atoms with Crippen molar-refractivity contribution >= 4 is 11.8 Å². The van der Waals surface area contributed by atoms with E-state index in [1.807, 2.05) is 0 Å². The van der Waals surface area contributed by atoms with Crippen LogP contribution in [0.2, 0.25) is 0 Å². The summed E-state index contributed by atoms with van der Waals surface area (Å²) >= 11 is 0. The SMILES string of the molecule is COc1cc(CCN(C)C(=O)c2c[nH]c(C(N)=O)c2)ccc1O. The van der Waals surface area contributed by atoms with Gasteiger partial charge in [0.25, 0.3) is 11.8 Å². The van der Waals surface area contributed by atoms with Gasteiger partial charge < -0.3 is 25.5 Å². The van der Waals surface area contributed by atoms with Crippen molar-refractivity contribution in [3.8, 4) is 11.5 Å². The lowest BCUT2D eigenvalue weighted by Gasteiger charge is -2.16. The van der Waals surface area contributed by atoms with Crippen LogP contribution in [-0.4, -0.2) is 47.5 Å². The number of phenols is 1. The van der Waals surface area contributed by atoms with Crippen molar-refractivity contribution in [1.82, 2.24) is 9.88 Å². The Kier molecular flexibility index (Phi) is 4.90. The second-order valence-electron chi connectivity index (χ2n) is 5.15. The zero-order chi connectivity index (χ0) is 17.0. The van der Waals surface area contributed by atoms with Crippen molar-refractivity contribution < 1.29 is 19.4 Å². The number of carbonyl (C=O) groups is 2. The zero-order valence-electron chi connectivity index (χ0n) is 13.0. The van der Waals surface area contributed by atoms with E-state index >= 15 is 0 Å². The Balaban J connectivity index is 1.99. The third-order valence-electron chi connectivity index (χ3n) is 3.52. The van der Waals surface area contributed by atoms with Gasteiger partial charge in [-0.2, -0.15) is 0 Å². The van der Waals surface area contributed by atoms with Crippen LogP contribution < -0.4 is 10.5 Å². The van der Waals surface area contributed by atoms with Crippen LogP contribution >= 0.6 is 0 Å². The molecule has 0 unspecified atom stereocenters. The smallest absolute Gasteiger partial charge is 0.265 e. The van der Waals surface area contributed by atoms with Crippen LogP contribution in [0.5, 0.6) is 11.5 Å². The van der Waals surface area contributed by atoms with Gasteiger partial charge in [-0.15, -0.1) is 0 Å². The second-order valence-corrected chi connectivity index (χ2v) is 5.15. The number of carbonyl (C=O) groups excluding carboxylic acids is 2. The number of primary amides is 1. The molecular weight excluding hydrogens is 298 g/mol. The van der Waals surface area contributed by atoms with Crippen molar-refractivity contribution in [3.63, 3.8) is 0 Å². The molecule has 2 rings (SSSR count). The molecule has 0 saturated carbocycles. The van der Waals surface area contributed by atoms with Gasteiger partial charge in [0.05, 0.1) is 12.7 Å². The molecule has 0 saturated heterocycles. The van der Waals surface area contributed by atoms with Crippen LogP contribution in [0, 0.1) is 0 Å². The largest absolute Gasteiger partial charge is 0.504 e. The number of aromatic nitrogens is 1. The Bertz CT molecular complexity index is 724. The average molecular weight is 317 g/mol. The third-order valence-corrected chi connectivity index (χ3v) is 3.52. The number of hydrogen-bond donors (Lipinski definition) is 3. The molecule has 4 N–H and O–H groups in total. The monoisotopic (exact) mass is 317 g/mol. The molecule has 2 aromatic rings. The highest BCUT2D eigenvalue weighted by Crippen LogP contribution is 2.26. The molecule has 122 valence electrons. The number of aromatic amines is 1. The van der Waals surface area contributed by atoms with Crippen molar-refractivity contribution in [1.29, 1.82) is 0 Å². The number of nitrogens with two attached hydrogens (primary N) is 1. The molecule has 0 aliphatic carbocycles. The molecule has 0 spiro atoms. The van der Waals surface area contributed by atoms with Gasteiger partial charge in [0, 0.05) is 19.8 Å². The van der Waals surface area contributed by atoms with E-state index in [9.17, 15) is 14.7 Å². The maximum absolute atomic E-state index is 12.3. The summed E-state index contributed by atoms with van der Waals surface area (Å²) in [5.41, 5.74) is 6.66. The quantitative estimate of drug-likeness (QED) is 0.742. The van der Waals surface area contributed by atoms with Crippen LogP contribution in [0.3, 0.4) is 0 Å². The maximum atomic E-state index is 12.3. The number of nitrogens with zero attached hydrogens (tertiary/aromatic N) is 1. The van der Waals surface area contributed by atoms with Crippen LogP contribution in [-0.2, 0) is 6.42 Å². The highest BCUT2D eigenvalue weighted by atomic mass is 16.5. The summed E-state index contributed by atoms with van der Waals surface area (Å²) in [7, 11) is 3.16. The number of H-pyrrole nitrogens is 1. The average Bonchev–Trinajstić information content (AvgIpc) is 3.03. The first-order valence-electron chi connectivity index (χ1n) is 7.02. The van der Waals surface area contributed by atoms with E-state index in [-0.39, 0.29) is 17.4 Å². The van der Waals surface area contributed by atoms with E-state index < -0.39 is 5.91 Å². The molecule has 1 aromatic heterocycles. The Hall–Kier alpha value is -2.96. The Morgan fingerprint density at radius 2 is 2.09 bits per heavy atom. The van der Waals surface area contributed by atoms with Gasteiger partial charge >= 0.3 is 0 Å². The summed E-state index contributed by atoms with van der Waals surface area (Å²) in [6.45, 7) is 0.476. The number of phenolic OH excluding ortho intramolecular Hbond substituents is 1. The lowest BCUT2D eigenvalue weighted by atomic mass is 10.1. The lowest BCUT2D eigenvalue weighted by Crippen LogP contribution is -2.28. The summed E-state index contributed by atoms with van der Waals surface area (Å²) in [4.78, 5) is 27.5. The number of nitrogens with one attached hydrogen (secondary N) is 1. The Labute approximate surface area is 133 Å². The fourth-order valence-corrected chi connectivity index (χ4v) is 2.16. The van der Waals surface area contributed by atoms with Crippen LogP contribution in [0.15, 0.2) is 30.5 Å². The van der Waals surface area contributed by atoms with E-state index in [4.69, 9.17) is 10.5 Å². The number of rotatable bonds is 6. The van der Waals surface area contributed by atoms with Gasteiger partial charge in [-0.25, -0.2) is 0 Å². The van der Waals surface area contributed by atoms with Gasteiger partial charge in [0.15, 0.2) is 11.5 Å². The minimum Gasteiger partial charge on any atom is -0.504 e. The highest BCUT2D eigenvalue weighted by Gasteiger charge is 2.15. The predicted molar refractivity (Wildman–Crippen MR) is 84.6 cm³/mol. The molecule has 0 aliphatic heterocycles. The fourth-order valence-electron chi connectivity index (χ4n) is 2.16. The Morgan fingerprint density at radius 1 is 1.35 bits per heavy atom. The summed E-state index contributed by atoms with van der Waals surface area (Å²) in [5.74, 6) is -0.345. The van der Waals surface area contributed by atoms with Gasteiger partial charge in [-0.1, -0.05) is 6.07 Å². The highest BCUT2D eigenvalue weighted by molar-refractivity contribution is 5.98. The lowest BCUT2D eigenvalue weighted by molar-refractivity contribution is 0.0796. The molecule has 23 heavy (non-hydrogen) atoms. The van der Waals surface area contributed by atoms with Gasteiger partial charge in [-0.3, -0.25) is 9.59 Å². The summed E-state index contributed by atoms with van der Waals surface area (Å²) < 4.78 is 5.06. The molecule has 2 amide bonds. The molecule has 1 heterocycles. The van der Waals surface area contributed by atoms with E-state index in [0.29, 0.717) is 24.3 Å². The summed E-state index contributed by atoms with van der Waals surface area (Å²) in [5, 5.41) is 9.57. The van der Waals surface area contributed by atoms with Crippen molar-refractivity contribution in [2.75, 3.05) is 20.7 Å². The maximum Gasteiger partial charge on any atom is 0.265 e. The van der Waals surface area contributed by atoms with E-state index in [1.54, 1.807) is 30.1 Å². The summed E-state index contributed by atoms with van der Waals surface area (Å²) in [6.07, 6.45) is 2.06. The fraction of sp³-hybridized carbons (Fsp3) is 0.250. The van der Waals surface area contributed by atoms with Crippen LogP contribution in [0.1, 0.15) is 26.4 Å². The number of methoxy groups -OCH3 is 1. The number of aromatic hydroxyl groups is 1. The summed E-state index contributed by atoms with van der Waals surface area (Å²) in [6, 6.07) is 6.50. The van der Waals surface area contributed by atoms with Crippen molar-refractivity contribution in [3.05, 3.63) is 47.3 Å². The molecule has 0 bridgehead atoms. The van der Waals surface area contributed by atoms with E-state index in [1.165, 1.54) is 19.4 Å². The molecule has 1 aromatic carbocycles. The standard InChI is InChI=1S/C16H19N3O4/c1-19(16(22)11-8-12(15(17)21)18-9-11)6-5-10-3-4-13(20)14(7-10)23-2/h3-4,7-9,18,20H,5-6H2,1-2H3,(H2,17,21). The van der Waals surface area contributed by atoms with Crippen LogP contribution in [0.4, 0.5) is 0 Å². The molecule has 7 heteroatoms. The Morgan fingerprint density at radius 3 is 2.70 bits per heavy atom. The first kappa shape index (κ1) is 16.4. The number of benzene rings is 1. The molecule has 0 radical (unpaired) electrons. The molecule has 7 nitrogen and oxygen atoms in total. The number of amides is 2. The normalized spacial score (nSPS) is 10.3. The first-order valence-corrected chi connectivity index (χ1v) is 7.02. The van der Waals surface area contributed by atoms with Gasteiger partial charge in [0.1, 0.15) is 5.69 Å². The number of ether oxygens (including phenoxy) is 1. The number of likely N-dealkylation sites (N-methyl/N-ethyl adjacent to an activating group) is 1. The second kappa shape index (κ2) is 6.87. The molecule has 0 fully saturated rings. The molecular formula is C16H19N3O4. The van der Waals surface area contributed by atoms with Crippen molar-refractivity contribution in [2.45, 2.75) is 6.42 Å². The van der Waals surface area contributed by atoms with Gasteiger partial charge in [0.2, 0.25) is 0 Å². The topological polar surface area (TPSA) is 109 Å². The number of hydrogen-bond acceptors (Lipinski definition) is 4. The molecule has 0 atom stereocenters. The zero-order valence-corrected chi connectivity index (χ0v) is 13.0. The molecule has 0 aliphatic rings. The minimum absolute atomic E-state index is 0.0759. The van der Waals surface area contributed by atoms with E-state index in [0.717, 1.165) is 5.56 Å². The van der Waals surface area contributed by atoms with Crippen LogP contribution in [0.25, 0.3) is 0 Å². The first-order chi connectivity index (χ1) is 10.9. The predicted octanol–water partition coefficient (Wildman–Crippen LogP) is 1.14.